The molecule has 132 valence electrons. The van der Waals surface area contributed by atoms with Gasteiger partial charge < -0.3 is 5.32 Å². The van der Waals surface area contributed by atoms with Crippen molar-refractivity contribution in [3.05, 3.63) is 71.4 Å². The predicted molar refractivity (Wildman–Crippen MR) is 108 cm³/mol. The van der Waals surface area contributed by atoms with Crippen molar-refractivity contribution < 1.29 is 0 Å². The average Bonchev–Trinajstić information content (AvgIpc) is 3.04. The maximum Gasteiger partial charge on any atom is 0.0987 e. The standard InChI is InChI=1S/C20H22ClN3.ClH/c1-2-3-13-22-14-16-15-24(17-9-5-4-6-10-17)23-20(16)18-11-7-8-12-19(18)21;/h4-12,15,22H,2-3,13-14H2,1H3;1H. The second-order valence-electron chi connectivity index (χ2n) is 5.79. The molecule has 0 saturated carbocycles. The van der Waals surface area contributed by atoms with Crippen LogP contribution in [0.2, 0.25) is 5.02 Å². The number of halogens is 2. The van der Waals surface area contributed by atoms with E-state index in [0.29, 0.717) is 0 Å². The molecule has 1 aromatic heterocycles. The zero-order chi connectivity index (χ0) is 16.8. The van der Waals surface area contributed by atoms with Crippen molar-refractivity contribution in [3.8, 4) is 16.9 Å². The number of unbranched alkanes of at least 4 members (excludes halogenated alkanes) is 1. The highest BCUT2D eigenvalue weighted by Crippen LogP contribution is 2.29. The Morgan fingerprint density at radius 1 is 1.04 bits per heavy atom. The van der Waals surface area contributed by atoms with Gasteiger partial charge in [0, 0.05) is 23.9 Å². The van der Waals surface area contributed by atoms with Crippen molar-refractivity contribution in [3.63, 3.8) is 0 Å². The molecule has 0 atom stereocenters. The third-order valence-electron chi connectivity index (χ3n) is 3.96. The summed E-state index contributed by atoms with van der Waals surface area (Å²) < 4.78 is 1.93. The lowest BCUT2D eigenvalue weighted by atomic mass is 10.1. The number of nitrogens with one attached hydrogen (secondary N) is 1. The zero-order valence-electron chi connectivity index (χ0n) is 14.3. The Morgan fingerprint density at radius 3 is 2.48 bits per heavy atom. The molecule has 0 aliphatic heterocycles. The van der Waals surface area contributed by atoms with Crippen LogP contribution in [0.25, 0.3) is 16.9 Å². The van der Waals surface area contributed by atoms with Crippen LogP contribution in [-0.2, 0) is 6.54 Å². The lowest BCUT2D eigenvalue weighted by Gasteiger charge is -2.05. The first kappa shape index (κ1) is 19.5. The average molecular weight is 376 g/mol. The van der Waals surface area contributed by atoms with Crippen LogP contribution in [0.1, 0.15) is 25.3 Å². The van der Waals surface area contributed by atoms with E-state index in [-0.39, 0.29) is 12.4 Å². The second kappa shape index (κ2) is 9.62. The number of nitrogens with zero attached hydrogens (tertiary/aromatic N) is 2. The summed E-state index contributed by atoms with van der Waals surface area (Å²) in [5.41, 5.74) is 4.11. The van der Waals surface area contributed by atoms with Crippen molar-refractivity contribution >= 4 is 24.0 Å². The van der Waals surface area contributed by atoms with Crippen LogP contribution in [0.15, 0.2) is 60.8 Å². The third kappa shape index (κ3) is 4.85. The van der Waals surface area contributed by atoms with Gasteiger partial charge in [0.15, 0.2) is 0 Å². The molecule has 0 aliphatic carbocycles. The maximum absolute atomic E-state index is 6.40. The van der Waals surface area contributed by atoms with E-state index in [9.17, 15) is 0 Å². The van der Waals surface area contributed by atoms with E-state index in [1.54, 1.807) is 0 Å². The van der Waals surface area contributed by atoms with E-state index in [4.69, 9.17) is 16.7 Å². The topological polar surface area (TPSA) is 29.9 Å². The molecular weight excluding hydrogens is 353 g/mol. The Bertz CT molecular complexity index is 785. The summed E-state index contributed by atoms with van der Waals surface area (Å²) in [6, 6.07) is 18.0. The van der Waals surface area contributed by atoms with Crippen molar-refractivity contribution in [2.75, 3.05) is 6.54 Å². The molecule has 1 N–H and O–H groups in total. The van der Waals surface area contributed by atoms with Gasteiger partial charge >= 0.3 is 0 Å². The highest BCUT2D eigenvalue weighted by Gasteiger charge is 2.14. The van der Waals surface area contributed by atoms with E-state index in [1.165, 1.54) is 12.8 Å². The molecule has 3 aromatic rings. The van der Waals surface area contributed by atoms with Crippen LogP contribution in [-0.4, -0.2) is 16.3 Å². The van der Waals surface area contributed by atoms with Gasteiger partial charge in [0.05, 0.1) is 16.4 Å². The normalized spacial score (nSPS) is 10.5. The Morgan fingerprint density at radius 2 is 1.76 bits per heavy atom. The SMILES string of the molecule is CCCCNCc1cn(-c2ccccc2)nc1-c1ccccc1Cl.Cl. The minimum atomic E-state index is 0. The van der Waals surface area contributed by atoms with Gasteiger partial charge in [-0.25, -0.2) is 4.68 Å². The molecule has 0 bridgehead atoms. The predicted octanol–water partition coefficient (Wildman–Crippen LogP) is 5.50. The maximum atomic E-state index is 6.40. The van der Waals surface area contributed by atoms with Gasteiger partial charge in [-0.05, 0) is 31.2 Å². The van der Waals surface area contributed by atoms with Crippen molar-refractivity contribution in [2.45, 2.75) is 26.3 Å². The molecule has 1 heterocycles. The van der Waals surface area contributed by atoms with Crippen LogP contribution in [0.3, 0.4) is 0 Å². The Kier molecular flexibility index (Phi) is 7.51. The fourth-order valence-corrected chi connectivity index (χ4v) is 2.88. The summed E-state index contributed by atoms with van der Waals surface area (Å²) in [5.74, 6) is 0. The molecule has 3 rings (SSSR count). The smallest absolute Gasteiger partial charge is 0.0987 e. The summed E-state index contributed by atoms with van der Waals surface area (Å²) in [7, 11) is 0. The summed E-state index contributed by atoms with van der Waals surface area (Å²) in [4.78, 5) is 0. The number of rotatable bonds is 7. The molecular formula is C20H23Cl2N3. The molecule has 2 aromatic carbocycles. The van der Waals surface area contributed by atoms with Gasteiger partial charge in [-0.2, -0.15) is 5.10 Å². The first-order valence-electron chi connectivity index (χ1n) is 8.39. The molecule has 0 fully saturated rings. The van der Waals surface area contributed by atoms with Crippen molar-refractivity contribution in [1.29, 1.82) is 0 Å². The monoisotopic (exact) mass is 375 g/mol. The zero-order valence-corrected chi connectivity index (χ0v) is 15.9. The number of aromatic nitrogens is 2. The summed E-state index contributed by atoms with van der Waals surface area (Å²) >= 11 is 6.40. The van der Waals surface area contributed by atoms with E-state index in [2.05, 4.69) is 30.6 Å². The van der Waals surface area contributed by atoms with E-state index in [1.807, 2.05) is 47.1 Å². The largest absolute Gasteiger partial charge is 0.313 e. The lowest BCUT2D eigenvalue weighted by Crippen LogP contribution is -2.14. The van der Waals surface area contributed by atoms with Crippen molar-refractivity contribution in [1.82, 2.24) is 15.1 Å². The van der Waals surface area contributed by atoms with Gasteiger partial charge in [0.1, 0.15) is 0 Å². The highest BCUT2D eigenvalue weighted by atomic mass is 35.5. The molecule has 0 radical (unpaired) electrons. The first-order chi connectivity index (χ1) is 11.8. The number of hydrogen-bond donors (Lipinski definition) is 1. The molecule has 0 unspecified atom stereocenters. The molecule has 5 heteroatoms. The van der Waals surface area contributed by atoms with Crippen LogP contribution < -0.4 is 5.32 Å². The van der Waals surface area contributed by atoms with Gasteiger partial charge in [-0.1, -0.05) is 61.3 Å². The fourth-order valence-electron chi connectivity index (χ4n) is 2.66. The summed E-state index contributed by atoms with van der Waals surface area (Å²) in [6.45, 7) is 3.99. The Hall–Kier alpha value is -1.81. The lowest BCUT2D eigenvalue weighted by molar-refractivity contribution is 0.642. The fraction of sp³-hybridized carbons (Fsp3) is 0.250. The molecule has 0 aliphatic rings. The van der Waals surface area contributed by atoms with Gasteiger partial charge in [-0.15, -0.1) is 12.4 Å². The third-order valence-corrected chi connectivity index (χ3v) is 4.29. The Balaban J connectivity index is 0.00000225. The van der Waals surface area contributed by atoms with Gasteiger partial charge in [0.2, 0.25) is 0 Å². The van der Waals surface area contributed by atoms with Crippen LogP contribution >= 0.6 is 24.0 Å². The van der Waals surface area contributed by atoms with E-state index >= 15 is 0 Å². The van der Waals surface area contributed by atoms with Crippen molar-refractivity contribution in [2.24, 2.45) is 0 Å². The van der Waals surface area contributed by atoms with E-state index in [0.717, 1.165) is 40.6 Å². The molecule has 0 saturated heterocycles. The summed E-state index contributed by atoms with van der Waals surface area (Å²) in [6.07, 6.45) is 4.45. The minimum absolute atomic E-state index is 0. The minimum Gasteiger partial charge on any atom is -0.313 e. The number of hydrogen-bond acceptors (Lipinski definition) is 2. The number of benzene rings is 2. The van der Waals surface area contributed by atoms with Gasteiger partial charge in [0.25, 0.3) is 0 Å². The van der Waals surface area contributed by atoms with Crippen LogP contribution in [0.4, 0.5) is 0 Å². The molecule has 3 nitrogen and oxygen atoms in total. The quantitative estimate of drug-likeness (QED) is 0.552. The van der Waals surface area contributed by atoms with E-state index < -0.39 is 0 Å². The Labute approximate surface area is 160 Å². The molecule has 0 amide bonds. The summed E-state index contributed by atoms with van der Waals surface area (Å²) in [5, 5.41) is 9.03. The first-order valence-corrected chi connectivity index (χ1v) is 8.77. The second-order valence-corrected chi connectivity index (χ2v) is 6.20. The molecule has 0 spiro atoms. The highest BCUT2D eigenvalue weighted by molar-refractivity contribution is 6.33. The molecule has 25 heavy (non-hydrogen) atoms. The van der Waals surface area contributed by atoms with Crippen LogP contribution in [0, 0.1) is 0 Å². The van der Waals surface area contributed by atoms with Crippen LogP contribution in [0.5, 0.6) is 0 Å². The van der Waals surface area contributed by atoms with Gasteiger partial charge in [-0.3, -0.25) is 0 Å². The number of para-hydroxylation sites is 1.